The van der Waals surface area contributed by atoms with Gasteiger partial charge in [0.2, 0.25) is 0 Å². The Bertz CT molecular complexity index is 685. The summed E-state index contributed by atoms with van der Waals surface area (Å²) in [7, 11) is 0. The Balaban J connectivity index is 2.49. The minimum absolute atomic E-state index is 0.491. The van der Waals surface area contributed by atoms with E-state index in [9.17, 15) is 4.79 Å². The summed E-state index contributed by atoms with van der Waals surface area (Å²) in [6, 6.07) is 18.4. The predicted octanol–water partition coefficient (Wildman–Crippen LogP) is 2.87. The Morgan fingerprint density at radius 2 is 1.80 bits per heavy atom. The molecule has 2 aromatic carbocycles. The normalized spacial score (nSPS) is 10.7. The van der Waals surface area contributed by atoms with Crippen LogP contribution in [0.5, 0.6) is 0 Å². The van der Waals surface area contributed by atoms with Gasteiger partial charge in [0.25, 0.3) is 0 Å². The summed E-state index contributed by atoms with van der Waals surface area (Å²) in [6.07, 6.45) is 0. The number of benzene rings is 2. The third kappa shape index (κ3) is 3.30. The molecule has 98 valence electrons. The SMILES string of the molecule is CC(=O)ON=C(c1ccccc1)c1cccc(C#N)c1. The van der Waals surface area contributed by atoms with Crippen molar-refractivity contribution in [1.29, 1.82) is 5.26 Å². The second kappa shape index (κ2) is 6.30. The second-order valence-corrected chi connectivity index (χ2v) is 4.08. The van der Waals surface area contributed by atoms with Gasteiger partial charge in [-0.3, -0.25) is 0 Å². The van der Waals surface area contributed by atoms with Crippen LogP contribution in [0.25, 0.3) is 0 Å². The summed E-state index contributed by atoms with van der Waals surface area (Å²) in [4.78, 5) is 15.7. The molecule has 0 radical (unpaired) electrons. The third-order valence-electron chi connectivity index (χ3n) is 2.58. The highest BCUT2D eigenvalue weighted by Crippen LogP contribution is 2.13. The molecule has 0 saturated carbocycles. The first-order valence-electron chi connectivity index (χ1n) is 6.02. The molecule has 0 aliphatic carbocycles. The maximum Gasteiger partial charge on any atom is 0.332 e. The van der Waals surface area contributed by atoms with Crippen LogP contribution >= 0.6 is 0 Å². The number of hydrogen-bond acceptors (Lipinski definition) is 4. The molecule has 20 heavy (non-hydrogen) atoms. The fourth-order valence-electron chi connectivity index (χ4n) is 1.71. The average molecular weight is 264 g/mol. The fourth-order valence-corrected chi connectivity index (χ4v) is 1.71. The standard InChI is InChI=1S/C16H12N2O2/c1-12(19)20-18-16(14-7-3-2-4-8-14)15-9-5-6-13(10-15)11-17/h2-10H,1H3. The van der Waals surface area contributed by atoms with E-state index in [1.165, 1.54) is 6.92 Å². The van der Waals surface area contributed by atoms with E-state index < -0.39 is 5.97 Å². The molecular weight excluding hydrogens is 252 g/mol. The third-order valence-corrected chi connectivity index (χ3v) is 2.58. The first kappa shape index (κ1) is 13.5. The van der Waals surface area contributed by atoms with Crippen LogP contribution in [0.3, 0.4) is 0 Å². The number of nitriles is 1. The van der Waals surface area contributed by atoms with Gasteiger partial charge in [-0.1, -0.05) is 47.6 Å². The van der Waals surface area contributed by atoms with E-state index in [4.69, 9.17) is 10.1 Å². The maximum absolute atomic E-state index is 11.0. The van der Waals surface area contributed by atoms with Gasteiger partial charge in [0.15, 0.2) is 0 Å². The molecule has 0 aliphatic rings. The molecule has 0 amide bonds. The first-order valence-corrected chi connectivity index (χ1v) is 6.02. The van der Waals surface area contributed by atoms with Crippen LogP contribution in [0.2, 0.25) is 0 Å². The zero-order valence-electron chi connectivity index (χ0n) is 10.9. The van der Waals surface area contributed by atoms with Crippen LogP contribution in [0.1, 0.15) is 23.6 Å². The van der Waals surface area contributed by atoms with Gasteiger partial charge >= 0.3 is 5.97 Å². The Labute approximate surface area is 116 Å². The summed E-state index contributed by atoms with van der Waals surface area (Å²) in [5.41, 5.74) is 2.56. The molecule has 0 unspecified atom stereocenters. The Hall–Kier alpha value is -2.93. The first-order chi connectivity index (χ1) is 9.70. The molecule has 0 aromatic heterocycles. The number of nitrogens with zero attached hydrogens (tertiary/aromatic N) is 2. The molecule has 0 aliphatic heterocycles. The maximum atomic E-state index is 11.0. The summed E-state index contributed by atoms with van der Waals surface area (Å²) in [6.45, 7) is 1.29. The molecule has 0 heterocycles. The molecule has 2 rings (SSSR count). The van der Waals surface area contributed by atoms with Crippen LogP contribution < -0.4 is 0 Å². The molecule has 0 bridgehead atoms. The average Bonchev–Trinajstić information content (AvgIpc) is 2.48. The minimum atomic E-state index is -0.491. The van der Waals surface area contributed by atoms with Crippen molar-refractivity contribution in [2.45, 2.75) is 6.92 Å². The van der Waals surface area contributed by atoms with Crippen molar-refractivity contribution in [1.82, 2.24) is 0 Å². The van der Waals surface area contributed by atoms with Crippen LogP contribution in [-0.2, 0) is 9.63 Å². The molecule has 4 heteroatoms. The van der Waals surface area contributed by atoms with Crippen molar-refractivity contribution in [2.75, 3.05) is 0 Å². The quantitative estimate of drug-likeness (QED) is 0.486. The van der Waals surface area contributed by atoms with Gasteiger partial charge in [-0.2, -0.15) is 5.26 Å². The molecule has 0 spiro atoms. The summed E-state index contributed by atoms with van der Waals surface area (Å²) in [5, 5.41) is 12.9. The molecule has 0 saturated heterocycles. The van der Waals surface area contributed by atoms with Crippen molar-refractivity contribution in [3.8, 4) is 6.07 Å². The number of oxime groups is 1. The topological polar surface area (TPSA) is 62.4 Å². The molecular formula is C16H12N2O2. The molecule has 0 fully saturated rings. The summed E-state index contributed by atoms with van der Waals surface area (Å²) in [5.74, 6) is -0.491. The van der Waals surface area contributed by atoms with Gasteiger partial charge in [0.05, 0.1) is 11.6 Å². The second-order valence-electron chi connectivity index (χ2n) is 4.08. The summed E-state index contributed by atoms with van der Waals surface area (Å²) >= 11 is 0. The molecule has 2 aromatic rings. The van der Waals surface area contributed by atoms with Gasteiger partial charge in [0.1, 0.15) is 5.71 Å². The predicted molar refractivity (Wildman–Crippen MR) is 75.0 cm³/mol. The minimum Gasteiger partial charge on any atom is -0.318 e. The van der Waals surface area contributed by atoms with E-state index in [0.29, 0.717) is 11.3 Å². The van der Waals surface area contributed by atoms with Crippen molar-refractivity contribution < 1.29 is 9.63 Å². The van der Waals surface area contributed by atoms with Crippen molar-refractivity contribution >= 4 is 11.7 Å². The van der Waals surface area contributed by atoms with Gasteiger partial charge in [-0.15, -0.1) is 0 Å². The monoisotopic (exact) mass is 264 g/mol. The smallest absolute Gasteiger partial charge is 0.318 e. The van der Waals surface area contributed by atoms with E-state index >= 15 is 0 Å². The molecule has 4 nitrogen and oxygen atoms in total. The van der Waals surface area contributed by atoms with E-state index in [0.717, 1.165) is 11.1 Å². The lowest BCUT2D eigenvalue weighted by Gasteiger charge is -2.06. The highest BCUT2D eigenvalue weighted by Gasteiger charge is 2.09. The van der Waals surface area contributed by atoms with E-state index in [1.807, 2.05) is 36.4 Å². The summed E-state index contributed by atoms with van der Waals surface area (Å²) < 4.78 is 0. The Kier molecular flexibility index (Phi) is 4.25. The lowest BCUT2D eigenvalue weighted by molar-refractivity contribution is -0.140. The van der Waals surface area contributed by atoms with Crippen LogP contribution in [0, 0.1) is 11.3 Å². The van der Waals surface area contributed by atoms with Gasteiger partial charge in [-0.05, 0) is 12.1 Å². The Morgan fingerprint density at radius 1 is 1.10 bits per heavy atom. The van der Waals surface area contributed by atoms with E-state index in [1.54, 1.807) is 18.2 Å². The van der Waals surface area contributed by atoms with Crippen molar-refractivity contribution in [3.05, 3.63) is 71.3 Å². The van der Waals surface area contributed by atoms with Crippen molar-refractivity contribution in [2.24, 2.45) is 5.16 Å². The van der Waals surface area contributed by atoms with Gasteiger partial charge in [-0.25, -0.2) is 4.79 Å². The number of carbonyl (C=O) groups is 1. The highest BCUT2D eigenvalue weighted by atomic mass is 16.7. The van der Waals surface area contributed by atoms with Crippen molar-refractivity contribution in [3.63, 3.8) is 0 Å². The lowest BCUT2D eigenvalue weighted by Crippen LogP contribution is -2.06. The zero-order valence-corrected chi connectivity index (χ0v) is 10.9. The number of rotatable bonds is 3. The molecule has 0 N–H and O–H groups in total. The van der Waals surface area contributed by atoms with Gasteiger partial charge in [0, 0.05) is 18.1 Å². The van der Waals surface area contributed by atoms with E-state index in [2.05, 4.69) is 11.2 Å². The van der Waals surface area contributed by atoms with Crippen LogP contribution in [-0.4, -0.2) is 11.7 Å². The Morgan fingerprint density at radius 3 is 2.45 bits per heavy atom. The molecule has 0 atom stereocenters. The van der Waals surface area contributed by atoms with Gasteiger partial charge < -0.3 is 4.84 Å². The van der Waals surface area contributed by atoms with Crippen LogP contribution in [0.4, 0.5) is 0 Å². The zero-order chi connectivity index (χ0) is 14.4. The number of hydrogen-bond donors (Lipinski definition) is 0. The highest BCUT2D eigenvalue weighted by molar-refractivity contribution is 6.12. The lowest BCUT2D eigenvalue weighted by atomic mass is 10.0. The number of carbonyl (C=O) groups excluding carboxylic acids is 1. The largest absolute Gasteiger partial charge is 0.332 e. The fraction of sp³-hybridized carbons (Fsp3) is 0.0625. The van der Waals surface area contributed by atoms with Crippen LogP contribution in [0.15, 0.2) is 59.8 Å². The van der Waals surface area contributed by atoms with E-state index in [-0.39, 0.29) is 0 Å².